The van der Waals surface area contributed by atoms with Crippen LogP contribution in [-0.4, -0.2) is 64.0 Å². The van der Waals surface area contributed by atoms with Crippen molar-refractivity contribution in [3.05, 3.63) is 28.5 Å². The van der Waals surface area contributed by atoms with Crippen LogP contribution in [-0.2, 0) is 30.9 Å². The maximum absolute atomic E-state index is 12.6. The van der Waals surface area contributed by atoms with Crippen LogP contribution in [0.4, 0.5) is 17.6 Å². The molecule has 2 aromatic rings. The van der Waals surface area contributed by atoms with Crippen molar-refractivity contribution in [3.8, 4) is 5.19 Å². The van der Waals surface area contributed by atoms with Crippen LogP contribution in [0.25, 0.3) is 0 Å². The van der Waals surface area contributed by atoms with E-state index in [0.29, 0.717) is 11.5 Å². The summed E-state index contributed by atoms with van der Waals surface area (Å²) in [6, 6.07) is 0.184. The predicted octanol–water partition coefficient (Wildman–Crippen LogP) is 3.92. The highest BCUT2D eigenvalue weighted by atomic mass is 32.1. The number of aromatic nitrogens is 3. The molecule has 0 bridgehead atoms. The number of ether oxygens (including phenoxy) is 1. The largest absolute Gasteiger partial charge is 0.460 e. The third-order valence-electron chi connectivity index (χ3n) is 6.68. The van der Waals surface area contributed by atoms with Gasteiger partial charge in [-0.2, -0.15) is 18.3 Å². The fourth-order valence-electron chi connectivity index (χ4n) is 4.80. The zero-order chi connectivity index (χ0) is 24.8. The van der Waals surface area contributed by atoms with E-state index in [1.807, 2.05) is 0 Å². The lowest BCUT2D eigenvalue weighted by Gasteiger charge is -2.30. The molecule has 0 spiro atoms. The molecule has 1 amide bonds. The van der Waals surface area contributed by atoms with Crippen LogP contribution in [0, 0.1) is 5.92 Å². The average Bonchev–Trinajstić information content (AvgIpc) is 3.39. The first-order valence-electron chi connectivity index (χ1n) is 12.0. The van der Waals surface area contributed by atoms with Gasteiger partial charge in [-0.3, -0.25) is 4.79 Å². The Morgan fingerprint density at radius 3 is 2.69 bits per heavy atom. The van der Waals surface area contributed by atoms with Crippen molar-refractivity contribution in [1.82, 2.24) is 25.0 Å². The molecule has 194 valence electrons. The van der Waals surface area contributed by atoms with Gasteiger partial charge in [-0.05, 0) is 56.6 Å². The Kier molecular flexibility index (Phi) is 8.64. The van der Waals surface area contributed by atoms with Crippen LogP contribution >= 0.6 is 11.3 Å². The van der Waals surface area contributed by atoms with Crippen LogP contribution in [0.2, 0.25) is 0 Å². The highest BCUT2D eigenvalue weighted by molar-refractivity contribution is 7.13. The number of nitrogens with one attached hydrogen (secondary N) is 1. The van der Waals surface area contributed by atoms with E-state index in [1.165, 1.54) is 17.5 Å². The van der Waals surface area contributed by atoms with Crippen molar-refractivity contribution in [2.75, 3.05) is 26.2 Å². The van der Waals surface area contributed by atoms with Crippen molar-refractivity contribution < 1.29 is 27.1 Å². The van der Waals surface area contributed by atoms with E-state index in [-0.39, 0.29) is 23.6 Å². The van der Waals surface area contributed by atoms with E-state index >= 15 is 0 Å². The summed E-state index contributed by atoms with van der Waals surface area (Å²) in [5.74, 6) is 0.577. The van der Waals surface area contributed by atoms with Gasteiger partial charge in [0.1, 0.15) is 0 Å². The number of carbonyl (C=O) groups excluding carboxylic acids is 1. The number of nitrogens with zero attached hydrogens (tertiary/aromatic N) is 4. The second-order valence-corrected chi connectivity index (χ2v) is 10.4. The monoisotopic (exact) mass is 517 g/mol. The fourth-order valence-corrected chi connectivity index (χ4v) is 5.75. The Bertz CT molecular complexity index is 946. The van der Waals surface area contributed by atoms with Gasteiger partial charge in [0.15, 0.2) is 13.4 Å². The van der Waals surface area contributed by atoms with Crippen molar-refractivity contribution in [1.29, 1.82) is 0 Å². The van der Waals surface area contributed by atoms with Gasteiger partial charge in [0.25, 0.3) is 5.19 Å². The zero-order valence-electron chi connectivity index (χ0n) is 19.5. The molecule has 0 aromatic carbocycles. The minimum Gasteiger partial charge on any atom is -0.460 e. The van der Waals surface area contributed by atoms with E-state index in [9.17, 15) is 22.4 Å². The summed E-state index contributed by atoms with van der Waals surface area (Å²) >= 11 is 1.23. The molecule has 3 heterocycles. The van der Waals surface area contributed by atoms with E-state index in [4.69, 9.17) is 4.74 Å². The van der Waals surface area contributed by atoms with Gasteiger partial charge in [0, 0.05) is 36.6 Å². The van der Waals surface area contributed by atoms with Gasteiger partial charge in [-0.1, -0.05) is 11.3 Å². The highest BCUT2D eigenvalue weighted by Gasteiger charge is 2.30. The molecule has 35 heavy (non-hydrogen) atoms. The first kappa shape index (κ1) is 25.9. The molecule has 1 fully saturated rings. The summed E-state index contributed by atoms with van der Waals surface area (Å²) in [6.07, 6.45) is 5.62. The summed E-state index contributed by atoms with van der Waals surface area (Å²) in [7, 11) is 0. The molecule has 2 aliphatic rings. The van der Waals surface area contributed by atoms with Gasteiger partial charge in [0.2, 0.25) is 5.91 Å². The van der Waals surface area contributed by atoms with Crippen molar-refractivity contribution in [2.45, 2.75) is 70.4 Å². The summed E-state index contributed by atoms with van der Waals surface area (Å²) < 4.78 is 55.6. The first-order valence-corrected chi connectivity index (χ1v) is 12.9. The van der Waals surface area contributed by atoms with Gasteiger partial charge >= 0.3 is 6.18 Å². The fraction of sp³-hybridized carbons (Fsp3) is 0.696. The van der Waals surface area contributed by atoms with Gasteiger partial charge in [0.05, 0.1) is 18.3 Å². The van der Waals surface area contributed by atoms with E-state index in [2.05, 4.69) is 20.3 Å². The first-order chi connectivity index (χ1) is 16.8. The van der Waals surface area contributed by atoms with Crippen LogP contribution in [0.5, 0.6) is 5.19 Å². The summed E-state index contributed by atoms with van der Waals surface area (Å²) in [5.41, 5.74) is 1.57. The minimum absolute atomic E-state index is 0.0514. The number of fused-ring (bicyclic) bond motifs is 1. The molecule has 0 radical (unpaired) electrons. The molecule has 12 heteroatoms. The molecule has 1 N–H and O–H groups in total. The van der Waals surface area contributed by atoms with Crippen LogP contribution in [0.1, 0.15) is 48.2 Å². The van der Waals surface area contributed by atoms with Gasteiger partial charge in [-0.25, -0.2) is 14.1 Å². The topological polar surface area (TPSA) is 72.3 Å². The number of alkyl halides is 4. The molecule has 0 atom stereocenters. The summed E-state index contributed by atoms with van der Waals surface area (Å²) in [6.45, 7) is 0.713. The van der Waals surface area contributed by atoms with E-state index in [1.54, 1.807) is 6.20 Å². The average molecular weight is 518 g/mol. The van der Waals surface area contributed by atoms with Crippen molar-refractivity contribution in [2.24, 2.45) is 5.92 Å². The Balaban J connectivity index is 1.13. The SMILES string of the molecule is O=C(Cc1cnn(CF)c1)N[C@H]1CC[C@H](CCN2CCc3nc(OCC(F)(F)F)sc3CC2)CC1. The molecule has 2 aromatic heterocycles. The molecule has 0 unspecified atom stereocenters. The lowest BCUT2D eigenvalue weighted by molar-refractivity contribution is -0.153. The number of carbonyl (C=O) groups is 1. The smallest absolute Gasteiger partial charge is 0.422 e. The standard InChI is InChI=1S/C23H31F4N5O2S/c24-15-32-13-17(12-28-32)11-21(33)29-18-3-1-16(2-4-18)5-8-31-9-6-19-20(7-10-31)35-22(30-19)34-14-23(25,26)27/h12-13,16,18H,1-11,14-15H2,(H,29,33)/t16-,18-. The second kappa shape index (κ2) is 11.7. The van der Waals surface area contributed by atoms with Crippen LogP contribution in [0.3, 0.4) is 0 Å². The number of rotatable bonds is 9. The summed E-state index contributed by atoms with van der Waals surface area (Å²) in [4.78, 5) is 20.0. The highest BCUT2D eigenvalue weighted by Crippen LogP contribution is 2.31. The van der Waals surface area contributed by atoms with Crippen LogP contribution in [0.15, 0.2) is 12.4 Å². The molecule has 7 nitrogen and oxygen atoms in total. The van der Waals surface area contributed by atoms with Gasteiger partial charge in [-0.15, -0.1) is 0 Å². The Morgan fingerprint density at radius 1 is 1.20 bits per heavy atom. The molecular formula is C23H31F4N5O2S. The molecule has 1 saturated carbocycles. The number of halogens is 4. The quantitative estimate of drug-likeness (QED) is 0.511. The van der Waals surface area contributed by atoms with Crippen LogP contribution < -0.4 is 10.1 Å². The second-order valence-electron chi connectivity index (χ2n) is 9.35. The maximum atomic E-state index is 12.6. The van der Waals surface area contributed by atoms with E-state index < -0.39 is 19.6 Å². The van der Waals surface area contributed by atoms with Crippen molar-refractivity contribution >= 4 is 17.2 Å². The third kappa shape index (κ3) is 7.89. The molecule has 4 rings (SSSR count). The van der Waals surface area contributed by atoms with E-state index in [0.717, 1.165) is 79.8 Å². The number of hydrogen-bond donors (Lipinski definition) is 1. The molecular weight excluding hydrogens is 486 g/mol. The summed E-state index contributed by atoms with van der Waals surface area (Å²) in [5, 5.41) is 7.06. The Hall–Kier alpha value is -2.21. The number of amides is 1. The molecule has 1 aliphatic carbocycles. The third-order valence-corrected chi connectivity index (χ3v) is 7.75. The minimum atomic E-state index is -4.35. The maximum Gasteiger partial charge on any atom is 0.422 e. The lowest BCUT2D eigenvalue weighted by Crippen LogP contribution is -2.39. The lowest BCUT2D eigenvalue weighted by atomic mass is 9.84. The zero-order valence-corrected chi connectivity index (χ0v) is 20.3. The number of thiazole rings is 1. The Labute approximate surface area is 205 Å². The van der Waals surface area contributed by atoms with Crippen molar-refractivity contribution in [3.63, 3.8) is 0 Å². The Morgan fingerprint density at radius 2 is 1.97 bits per heavy atom. The van der Waals surface area contributed by atoms with Gasteiger partial charge < -0.3 is 15.0 Å². The number of hydrogen-bond acceptors (Lipinski definition) is 6. The molecule has 0 saturated heterocycles. The normalized spacial score (nSPS) is 21.4. The predicted molar refractivity (Wildman–Crippen MR) is 123 cm³/mol. The molecule has 1 aliphatic heterocycles.